The normalized spacial score (nSPS) is 17.9. The molecule has 0 spiro atoms. The summed E-state index contributed by atoms with van der Waals surface area (Å²) in [7, 11) is 0. The van der Waals surface area contributed by atoms with Gasteiger partial charge in [0.05, 0.1) is 15.9 Å². The maximum absolute atomic E-state index is 5.48. The topological polar surface area (TPSA) is 25.8 Å². The van der Waals surface area contributed by atoms with E-state index in [1.807, 2.05) is 11.3 Å². The third kappa shape index (κ3) is 2.66. The minimum absolute atomic E-state index is 0.105. The molecule has 36 heavy (non-hydrogen) atoms. The van der Waals surface area contributed by atoms with Gasteiger partial charge in [-0.2, -0.15) is 0 Å². The van der Waals surface area contributed by atoms with Gasteiger partial charge in [-0.3, -0.25) is 0 Å². The van der Waals surface area contributed by atoms with E-state index in [2.05, 4.69) is 110 Å². The van der Waals surface area contributed by atoms with E-state index in [-0.39, 0.29) is 5.41 Å². The van der Waals surface area contributed by atoms with Crippen LogP contribution in [-0.4, -0.2) is 9.97 Å². The van der Waals surface area contributed by atoms with E-state index in [9.17, 15) is 0 Å². The Labute approximate surface area is 212 Å². The van der Waals surface area contributed by atoms with Gasteiger partial charge in [0.15, 0.2) is 0 Å². The summed E-state index contributed by atoms with van der Waals surface area (Å²) < 4.78 is 0. The zero-order valence-electron chi connectivity index (χ0n) is 19.8. The largest absolute Gasteiger partial charge is 0.243 e. The van der Waals surface area contributed by atoms with Gasteiger partial charge in [-0.15, -0.1) is 11.3 Å². The molecule has 2 aromatic heterocycles. The second kappa shape index (κ2) is 7.22. The summed E-state index contributed by atoms with van der Waals surface area (Å²) in [5.74, 6) is 0. The smallest absolute Gasteiger partial charge is 0.108 e. The van der Waals surface area contributed by atoms with Crippen molar-refractivity contribution in [2.24, 2.45) is 0 Å². The van der Waals surface area contributed by atoms with E-state index < -0.39 is 0 Å². The van der Waals surface area contributed by atoms with Gasteiger partial charge in [0, 0.05) is 21.1 Å². The van der Waals surface area contributed by atoms with Gasteiger partial charge in [-0.25, -0.2) is 9.97 Å². The molecular formula is C33H22N2S. The first-order valence-electron chi connectivity index (χ1n) is 12.4. The Bertz CT molecular complexity index is 2030. The Kier molecular flexibility index (Phi) is 4.04. The Morgan fingerprint density at radius 2 is 1.33 bits per heavy atom. The zero-order chi connectivity index (χ0) is 23.9. The molecule has 1 atom stereocenters. The van der Waals surface area contributed by atoms with Crippen LogP contribution in [0.1, 0.15) is 18.2 Å². The quantitative estimate of drug-likeness (QED) is 0.183. The van der Waals surface area contributed by atoms with Crippen molar-refractivity contribution < 1.29 is 0 Å². The van der Waals surface area contributed by atoms with Crippen molar-refractivity contribution in [1.82, 2.24) is 9.97 Å². The molecule has 1 aliphatic rings. The molecule has 1 unspecified atom stereocenters. The molecule has 0 aliphatic heterocycles. The standard InChI is InChI=1S/C33H22N2S/c1-33(18-6-3-7-19-33)32-30-29(31(36-32)22-10-4-2-5-11-22)34-27-23-14-8-12-20-16-17-21-13-9-15-24(28(27)35-30)26(21)25(20)23/h2-18H,19H2,1H3. The summed E-state index contributed by atoms with van der Waals surface area (Å²) >= 11 is 1.85. The Balaban J connectivity index is 1.59. The van der Waals surface area contributed by atoms with Gasteiger partial charge in [0.2, 0.25) is 0 Å². The zero-order valence-corrected chi connectivity index (χ0v) is 20.6. The first kappa shape index (κ1) is 20.1. The Morgan fingerprint density at radius 3 is 1.97 bits per heavy atom. The van der Waals surface area contributed by atoms with E-state index >= 15 is 0 Å². The number of thiophene rings is 1. The second-order valence-electron chi connectivity index (χ2n) is 10.0. The molecule has 0 radical (unpaired) electrons. The number of rotatable bonds is 2. The minimum atomic E-state index is -0.105. The van der Waals surface area contributed by atoms with Crippen molar-refractivity contribution in [1.29, 1.82) is 0 Å². The molecule has 0 amide bonds. The van der Waals surface area contributed by atoms with Crippen molar-refractivity contribution in [2.75, 3.05) is 0 Å². The van der Waals surface area contributed by atoms with Crippen LogP contribution < -0.4 is 0 Å². The lowest BCUT2D eigenvalue weighted by Gasteiger charge is -2.25. The van der Waals surface area contributed by atoms with Gasteiger partial charge in [0.25, 0.3) is 0 Å². The molecule has 0 N–H and O–H groups in total. The van der Waals surface area contributed by atoms with Gasteiger partial charge < -0.3 is 0 Å². The van der Waals surface area contributed by atoms with Gasteiger partial charge >= 0.3 is 0 Å². The average Bonchev–Trinajstić information content (AvgIpc) is 3.32. The molecule has 0 saturated heterocycles. The first-order valence-corrected chi connectivity index (χ1v) is 13.2. The number of hydrogen-bond donors (Lipinski definition) is 0. The second-order valence-corrected chi connectivity index (χ2v) is 11.0. The fraction of sp³-hybridized carbons (Fsp3) is 0.0909. The maximum atomic E-state index is 5.48. The van der Waals surface area contributed by atoms with Crippen LogP contribution in [0.5, 0.6) is 0 Å². The molecule has 170 valence electrons. The molecule has 0 bridgehead atoms. The highest BCUT2D eigenvalue weighted by atomic mass is 32.1. The van der Waals surface area contributed by atoms with Crippen LogP contribution in [0, 0.1) is 0 Å². The van der Waals surface area contributed by atoms with Crippen LogP contribution in [0.4, 0.5) is 0 Å². The van der Waals surface area contributed by atoms with Crippen LogP contribution >= 0.6 is 11.3 Å². The number of hydrogen-bond acceptors (Lipinski definition) is 3. The molecule has 1 aliphatic carbocycles. The van der Waals surface area contributed by atoms with E-state index in [1.54, 1.807) is 0 Å². The van der Waals surface area contributed by atoms with Crippen LogP contribution in [0.2, 0.25) is 0 Å². The molecule has 2 heterocycles. The molecule has 3 heteroatoms. The number of fused-ring (bicyclic) bond motifs is 4. The Hall–Kier alpha value is -4.08. The molecule has 7 aromatic rings. The molecule has 0 fully saturated rings. The first-order chi connectivity index (χ1) is 17.7. The summed E-state index contributed by atoms with van der Waals surface area (Å²) in [6, 6.07) is 28.2. The summed E-state index contributed by atoms with van der Waals surface area (Å²) in [4.78, 5) is 13.4. The third-order valence-corrected chi connectivity index (χ3v) is 9.23. The van der Waals surface area contributed by atoms with E-state index in [1.165, 1.54) is 47.6 Å². The number of nitrogens with zero attached hydrogens (tertiary/aromatic N) is 2. The maximum Gasteiger partial charge on any atom is 0.108 e. The number of aromatic nitrogens is 2. The number of allylic oxidation sites excluding steroid dienone is 4. The Morgan fingerprint density at radius 1 is 0.667 bits per heavy atom. The van der Waals surface area contributed by atoms with Crippen molar-refractivity contribution in [3.8, 4) is 10.4 Å². The van der Waals surface area contributed by atoms with E-state index in [4.69, 9.17) is 9.97 Å². The van der Waals surface area contributed by atoms with Crippen molar-refractivity contribution in [3.05, 3.63) is 108 Å². The van der Waals surface area contributed by atoms with E-state index in [0.29, 0.717) is 0 Å². The predicted octanol–water partition coefficient (Wildman–Crippen LogP) is 9.18. The minimum Gasteiger partial charge on any atom is -0.243 e. The van der Waals surface area contributed by atoms with E-state index in [0.717, 1.165) is 28.5 Å². The van der Waals surface area contributed by atoms with Gasteiger partial charge in [-0.05, 0) is 33.5 Å². The molecule has 0 saturated carbocycles. The monoisotopic (exact) mass is 478 g/mol. The van der Waals surface area contributed by atoms with Crippen molar-refractivity contribution in [3.63, 3.8) is 0 Å². The lowest BCUT2D eigenvalue weighted by atomic mass is 9.82. The summed E-state index contributed by atoms with van der Waals surface area (Å²) in [5.41, 5.74) is 5.12. The molecule has 2 nitrogen and oxygen atoms in total. The van der Waals surface area contributed by atoms with Crippen molar-refractivity contribution >= 4 is 65.7 Å². The van der Waals surface area contributed by atoms with Crippen molar-refractivity contribution in [2.45, 2.75) is 18.8 Å². The van der Waals surface area contributed by atoms with Gasteiger partial charge in [-0.1, -0.05) is 110 Å². The summed E-state index contributed by atoms with van der Waals surface area (Å²) in [5, 5.41) is 7.45. The van der Waals surface area contributed by atoms with Crippen LogP contribution in [-0.2, 0) is 5.41 Å². The van der Waals surface area contributed by atoms with Crippen LogP contribution in [0.3, 0.4) is 0 Å². The summed E-state index contributed by atoms with van der Waals surface area (Å²) in [6.07, 6.45) is 9.86. The lowest BCUT2D eigenvalue weighted by molar-refractivity contribution is 0.616. The molecular weight excluding hydrogens is 456 g/mol. The average molecular weight is 479 g/mol. The number of benzene rings is 5. The lowest BCUT2D eigenvalue weighted by Crippen LogP contribution is -2.18. The molecule has 8 rings (SSSR count). The summed E-state index contributed by atoms with van der Waals surface area (Å²) in [6.45, 7) is 2.32. The van der Waals surface area contributed by atoms with Crippen LogP contribution in [0.15, 0.2) is 103 Å². The SMILES string of the molecule is CC1(c2sc(-c3ccccc3)c3nc4c5cccc6ccc7cccc(c4nc23)c7c65)C=CC=CC1. The fourth-order valence-electron chi connectivity index (χ4n) is 5.94. The van der Waals surface area contributed by atoms with Crippen LogP contribution in [0.25, 0.3) is 64.8 Å². The highest BCUT2D eigenvalue weighted by Crippen LogP contribution is 2.47. The predicted molar refractivity (Wildman–Crippen MR) is 154 cm³/mol. The fourth-order valence-corrected chi connectivity index (χ4v) is 7.27. The highest BCUT2D eigenvalue weighted by Gasteiger charge is 2.31. The van der Waals surface area contributed by atoms with Gasteiger partial charge in [0.1, 0.15) is 11.0 Å². The molecule has 5 aromatic carbocycles. The third-order valence-electron chi connectivity index (χ3n) is 7.73. The highest BCUT2D eigenvalue weighted by molar-refractivity contribution is 7.17.